The molecule has 0 aliphatic heterocycles. The molecule has 0 bridgehead atoms. The molecular formula is C12H12N4. The lowest BCUT2D eigenvalue weighted by Crippen LogP contribution is -2.00. The van der Waals surface area contributed by atoms with E-state index >= 15 is 0 Å². The Morgan fingerprint density at radius 1 is 1.50 bits per heavy atom. The zero-order valence-corrected chi connectivity index (χ0v) is 8.99. The maximum absolute atomic E-state index is 8.75. The fraction of sp³-hybridized carbons (Fsp3) is 0.167. The molecule has 4 nitrogen and oxygen atoms in total. The highest BCUT2D eigenvalue weighted by molar-refractivity contribution is 5.54. The van der Waals surface area contributed by atoms with Gasteiger partial charge in [-0.15, -0.1) is 0 Å². The van der Waals surface area contributed by atoms with E-state index in [1.807, 2.05) is 31.3 Å². The summed E-state index contributed by atoms with van der Waals surface area (Å²) in [5.74, 6) is 0. The molecule has 2 rings (SSSR count). The van der Waals surface area contributed by atoms with Crippen LogP contribution in [-0.2, 0) is 6.54 Å². The lowest BCUT2D eigenvalue weighted by molar-refractivity contribution is 1.09. The Morgan fingerprint density at radius 3 is 3.00 bits per heavy atom. The van der Waals surface area contributed by atoms with E-state index in [0.29, 0.717) is 5.56 Å². The summed E-state index contributed by atoms with van der Waals surface area (Å²) in [7, 11) is 0. The van der Waals surface area contributed by atoms with Crippen LogP contribution in [0.3, 0.4) is 0 Å². The number of aromatic nitrogens is 2. The molecule has 4 heteroatoms. The van der Waals surface area contributed by atoms with E-state index in [2.05, 4.69) is 21.6 Å². The van der Waals surface area contributed by atoms with Crippen LogP contribution in [0, 0.1) is 18.3 Å². The van der Waals surface area contributed by atoms with Crippen LogP contribution < -0.4 is 5.32 Å². The largest absolute Gasteiger partial charge is 0.381 e. The van der Waals surface area contributed by atoms with Crippen LogP contribution in [0.4, 0.5) is 5.69 Å². The molecule has 0 amide bonds. The second-order valence-electron chi connectivity index (χ2n) is 3.60. The first kappa shape index (κ1) is 10.2. The number of benzene rings is 1. The van der Waals surface area contributed by atoms with Gasteiger partial charge in [-0.05, 0) is 30.7 Å². The van der Waals surface area contributed by atoms with Crippen molar-refractivity contribution >= 4 is 5.69 Å². The monoisotopic (exact) mass is 212 g/mol. The normalized spacial score (nSPS) is 9.75. The minimum Gasteiger partial charge on any atom is -0.381 e. The van der Waals surface area contributed by atoms with Crippen LogP contribution in [0.1, 0.15) is 16.7 Å². The topological polar surface area (TPSA) is 64.5 Å². The third-order valence-electron chi connectivity index (χ3n) is 2.39. The van der Waals surface area contributed by atoms with Gasteiger partial charge in [0, 0.05) is 24.0 Å². The Hall–Kier alpha value is -2.28. The van der Waals surface area contributed by atoms with Gasteiger partial charge in [0.05, 0.1) is 17.8 Å². The zero-order valence-electron chi connectivity index (χ0n) is 8.99. The van der Waals surface area contributed by atoms with Gasteiger partial charge in [-0.3, -0.25) is 5.10 Å². The Kier molecular flexibility index (Phi) is 2.88. The summed E-state index contributed by atoms with van der Waals surface area (Å²) in [5, 5.41) is 18.7. The summed E-state index contributed by atoms with van der Waals surface area (Å²) in [6.45, 7) is 2.71. The third kappa shape index (κ3) is 2.20. The Balaban J connectivity index is 2.08. The number of aromatic amines is 1. The molecule has 0 saturated carbocycles. The highest BCUT2D eigenvalue weighted by Crippen LogP contribution is 2.16. The van der Waals surface area contributed by atoms with Crippen LogP contribution >= 0.6 is 0 Å². The standard InChI is InChI=1S/C12H12N4/c1-9-4-10(5-13)2-3-12(9)14-6-11-7-15-16-8-11/h2-4,7-8,14H,6H2,1H3,(H,15,16). The van der Waals surface area contributed by atoms with Crippen LogP contribution in [0.5, 0.6) is 0 Å². The molecule has 0 fully saturated rings. The van der Waals surface area contributed by atoms with Gasteiger partial charge in [0.2, 0.25) is 0 Å². The van der Waals surface area contributed by atoms with Gasteiger partial charge in [0.25, 0.3) is 0 Å². The van der Waals surface area contributed by atoms with Crippen LogP contribution in [0.15, 0.2) is 30.6 Å². The summed E-state index contributed by atoms with van der Waals surface area (Å²) in [6.07, 6.45) is 3.64. The number of aryl methyl sites for hydroxylation is 1. The number of hydrogen-bond donors (Lipinski definition) is 2. The highest BCUT2D eigenvalue weighted by atomic mass is 15.1. The number of nitrogens with one attached hydrogen (secondary N) is 2. The molecule has 16 heavy (non-hydrogen) atoms. The maximum atomic E-state index is 8.75. The fourth-order valence-electron chi connectivity index (χ4n) is 1.50. The fourth-order valence-corrected chi connectivity index (χ4v) is 1.50. The first-order valence-corrected chi connectivity index (χ1v) is 5.02. The average Bonchev–Trinajstić information content (AvgIpc) is 2.80. The summed E-state index contributed by atoms with van der Waals surface area (Å²) in [4.78, 5) is 0. The molecule has 0 saturated heterocycles. The lowest BCUT2D eigenvalue weighted by atomic mass is 10.1. The number of H-pyrrole nitrogens is 1. The van der Waals surface area contributed by atoms with Crippen molar-refractivity contribution in [3.8, 4) is 6.07 Å². The van der Waals surface area contributed by atoms with E-state index in [4.69, 9.17) is 5.26 Å². The van der Waals surface area contributed by atoms with Crippen molar-refractivity contribution in [2.45, 2.75) is 13.5 Å². The lowest BCUT2D eigenvalue weighted by Gasteiger charge is -2.08. The Morgan fingerprint density at radius 2 is 2.38 bits per heavy atom. The van der Waals surface area contributed by atoms with E-state index in [9.17, 15) is 0 Å². The predicted octanol–water partition coefficient (Wildman–Crippen LogP) is 2.20. The van der Waals surface area contributed by atoms with Crippen molar-refractivity contribution in [3.05, 3.63) is 47.3 Å². The van der Waals surface area contributed by atoms with Crippen molar-refractivity contribution in [1.29, 1.82) is 5.26 Å². The van der Waals surface area contributed by atoms with E-state index in [1.54, 1.807) is 6.20 Å². The minimum absolute atomic E-state index is 0.686. The number of hydrogen-bond acceptors (Lipinski definition) is 3. The van der Waals surface area contributed by atoms with E-state index < -0.39 is 0 Å². The van der Waals surface area contributed by atoms with Gasteiger partial charge >= 0.3 is 0 Å². The van der Waals surface area contributed by atoms with Gasteiger partial charge in [-0.25, -0.2) is 0 Å². The van der Waals surface area contributed by atoms with Gasteiger partial charge in [0.1, 0.15) is 0 Å². The predicted molar refractivity (Wildman–Crippen MR) is 61.8 cm³/mol. The number of rotatable bonds is 3. The molecule has 80 valence electrons. The minimum atomic E-state index is 0.686. The summed E-state index contributed by atoms with van der Waals surface area (Å²) in [6, 6.07) is 7.73. The molecule has 2 N–H and O–H groups in total. The van der Waals surface area contributed by atoms with Gasteiger partial charge in [0.15, 0.2) is 0 Å². The van der Waals surface area contributed by atoms with Crippen molar-refractivity contribution in [2.75, 3.05) is 5.32 Å². The molecule has 1 aromatic heterocycles. The molecule has 1 heterocycles. The molecule has 0 radical (unpaired) electrons. The molecule has 0 aliphatic rings. The van der Waals surface area contributed by atoms with Crippen LogP contribution in [0.25, 0.3) is 0 Å². The second kappa shape index (κ2) is 4.49. The van der Waals surface area contributed by atoms with Gasteiger partial charge in [-0.2, -0.15) is 10.4 Å². The summed E-state index contributed by atoms with van der Waals surface area (Å²) < 4.78 is 0. The Bertz CT molecular complexity index is 508. The second-order valence-corrected chi connectivity index (χ2v) is 3.60. The third-order valence-corrected chi connectivity index (χ3v) is 2.39. The van der Waals surface area contributed by atoms with Gasteiger partial charge < -0.3 is 5.32 Å². The van der Waals surface area contributed by atoms with Crippen molar-refractivity contribution in [1.82, 2.24) is 10.2 Å². The van der Waals surface area contributed by atoms with E-state index in [1.165, 1.54) is 0 Å². The van der Waals surface area contributed by atoms with Gasteiger partial charge in [-0.1, -0.05) is 0 Å². The first-order chi connectivity index (χ1) is 7.79. The highest BCUT2D eigenvalue weighted by Gasteiger charge is 2.00. The molecule has 0 atom stereocenters. The Labute approximate surface area is 93.9 Å². The maximum Gasteiger partial charge on any atom is 0.0991 e. The smallest absolute Gasteiger partial charge is 0.0991 e. The summed E-state index contributed by atoms with van der Waals surface area (Å²) in [5.41, 5.74) is 3.90. The van der Waals surface area contributed by atoms with Crippen LogP contribution in [0.2, 0.25) is 0 Å². The van der Waals surface area contributed by atoms with Crippen molar-refractivity contribution in [3.63, 3.8) is 0 Å². The molecular weight excluding hydrogens is 200 g/mol. The quantitative estimate of drug-likeness (QED) is 0.819. The molecule has 0 aliphatic carbocycles. The molecule has 0 unspecified atom stereocenters. The molecule has 2 aromatic rings. The van der Waals surface area contributed by atoms with Crippen LogP contribution in [-0.4, -0.2) is 10.2 Å². The summed E-state index contributed by atoms with van der Waals surface area (Å²) >= 11 is 0. The zero-order chi connectivity index (χ0) is 11.4. The average molecular weight is 212 g/mol. The van der Waals surface area contributed by atoms with E-state index in [-0.39, 0.29) is 0 Å². The number of nitriles is 1. The number of nitrogens with zero attached hydrogens (tertiary/aromatic N) is 2. The number of anilines is 1. The van der Waals surface area contributed by atoms with Crippen molar-refractivity contribution in [2.24, 2.45) is 0 Å². The first-order valence-electron chi connectivity index (χ1n) is 5.02. The molecule has 1 aromatic carbocycles. The van der Waals surface area contributed by atoms with E-state index in [0.717, 1.165) is 23.4 Å². The van der Waals surface area contributed by atoms with Crippen molar-refractivity contribution < 1.29 is 0 Å². The molecule has 0 spiro atoms. The SMILES string of the molecule is Cc1cc(C#N)ccc1NCc1cn[nH]c1.